The highest BCUT2D eigenvalue weighted by Gasteiger charge is 2.19. The standard InChI is InChI=1S/C9H7BrN4O6/c10-4-7(9(15)16)12-11-6-2-1-5(13(17)18)3-8(6)14(19)20/h1-3,11H,4H2,(H,15,16). The first kappa shape index (κ1) is 15.5. The first-order chi connectivity index (χ1) is 9.36. The molecule has 10 nitrogen and oxygen atoms in total. The summed E-state index contributed by atoms with van der Waals surface area (Å²) in [5, 5.41) is 33.5. The Morgan fingerprint density at radius 1 is 1.35 bits per heavy atom. The number of nitro benzene ring substituents is 2. The van der Waals surface area contributed by atoms with Crippen LogP contribution in [0.2, 0.25) is 0 Å². The molecule has 0 saturated carbocycles. The summed E-state index contributed by atoms with van der Waals surface area (Å²) in [7, 11) is 0. The molecule has 1 rings (SSSR count). The van der Waals surface area contributed by atoms with Crippen molar-refractivity contribution in [1.82, 2.24) is 0 Å². The maximum Gasteiger partial charge on any atom is 0.352 e. The SMILES string of the molecule is O=C(O)C(CBr)=NNc1ccc([N+](=O)[O-])cc1[N+](=O)[O-]. The van der Waals surface area contributed by atoms with Gasteiger partial charge < -0.3 is 5.11 Å². The Balaban J connectivity index is 3.15. The molecule has 0 saturated heterocycles. The molecule has 106 valence electrons. The number of hydrogen-bond donors (Lipinski definition) is 2. The highest BCUT2D eigenvalue weighted by molar-refractivity contribution is 9.09. The van der Waals surface area contributed by atoms with Crippen LogP contribution in [0.25, 0.3) is 0 Å². The van der Waals surface area contributed by atoms with Crippen molar-refractivity contribution in [2.24, 2.45) is 5.10 Å². The Kier molecular flexibility index (Phi) is 5.08. The van der Waals surface area contributed by atoms with Gasteiger partial charge in [0.15, 0.2) is 5.71 Å². The quantitative estimate of drug-likeness (QED) is 0.345. The van der Waals surface area contributed by atoms with Gasteiger partial charge in [-0.15, -0.1) is 0 Å². The molecule has 1 aromatic carbocycles. The number of halogens is 1. The molecule has 0 amide bonds. The number of aliphatic carboxylic acids is 1. The molecule has 0 fully saturated rings. The Labute approximate surface area is 119 Å². The van der Waals surface area contributed by atoms with Crippen molar-refractivity contribution in [3.63, 3.8) is 0 Å². The van der Waals surface area contributed by atoms with Gasteiger partial charge in [0.1, 0.15) is 5.69 Å². The summed E-state index contributed by atoms with van der Waals surface area (Å²) >= 11 is 2.89. The molecule has 11 heteroatoms. The molecule has 0 bridgehead atoms. The van der Waals surface area contributed by atoms with Gasteiger partial charge in [0, 0.05) is 6.07 Å². The molecule has 2 N–H and O–H groups in total. The minimum Gasteiger partial charge on any atom is -0.477 e. The predicted octanol–water partition coefficient (Wildman–Crippen LogP) is 1.75. The fourth-order valence-electron chi connectivity index (χ4n) is 1.14. The van der Waals surface area contributed by atoms with Crippen molar-refractivity contribution in [3.05, 3.63) is 38.4 Å². The summed E-state index contributed by atoms with van der Waals surface area (Å²) < 4.78 is 0. The van der Waals surface area contributed by atoms with E-state index in [1.165, 1.54) is 0 Å². The summed E-state index contributed by atoms with van der Waals surface area (Å²) in [6.45, 7) is 0. The zero-order chi connectivity index (χ0) is 15.3. The van der Waals surface area contributed by atoms with Gasteiger partial charge in [-0.3, -0.25) is 25.7 Å². The number of carbonyl (C=O) groups is 1. The van der Waals surface area contributed by atoms with E-state index in [2.05, 4.69) is 26.5 Å². The zero-order valence-corrected chi connectivity index (χ0v) is 11.2. The monoisotopic (exact) mass is 346 g/mol. The van der Waals surface area contributed by atoms with Crippen molar-refractivity contribution in [3.8, 4) is 0 Å². The summed E-state index contributed by atoms with van der Waals surface area (Å²) in [6, 6.07) is 2.87. The second-order valence-corrected chi connectivity index (χ2v) is 3.89. The van der Waals surface area contributed by atoms with Gasteiger partial charge in [0.05, 0.1) is 21.2 Å². The Morgan fingerprint density at radius 2 is 2.00 bits per heavy atom. The number of hydrogen-bond acceptors (Lipinski definition) is 7. The molecule has 0 heterocycles. The number of nitrogens with zero attached hydrogens (tertiary/aromatic N) is 3. The fraction of sp³-hybridized carbons (Fsp3) is 0.111. The number of non-ortho nitro benzene ring substituents is 1. The van der Waals surface area contributed by atoms with Crippen molar-refractivity contribution in [2.75, 3.05) is 10.8 Å². The van der Waals surface area contributed by atoms with Gasteiger partial charge in [-0.1, -0.05) is 15.9 Å². The van der Waals surface area contributed by atoms with Crippen LogP contribution < -0.4 is 5.43 Å². The predicted molar refractivity (Wildman–Crippen MR) is 72.2 cm³/mol. The molecular formula is C9H7BrN4O6. The maximum absolute atomic E-state index is 10.8. The average Bonchev–Trinajstić information content (AvgIpc) is 2.38. The van der Waals surface area contributed by atoms with Crippen molar-refractivity contribution >= 4 is 44.7 Å². The second kappa shape index (κ2) is 6.56. The number of nitrogens with one attached hydrogen (secondary N) is 1. The number of nitro groups is 2. The molecule has 1 aromatic rings. The second-order valence-electron chi connectivity index (χ2n) is 3.32. The van der Waals surface area contributed by atoms with E-state index in [4.69, 9.17) is 5.11 Å². The van der Waals surface area contributed by atoms with Crippen LogP contribution in [0.4, 0.5) is 17.1 Å². The van der Waals surface area contributed by atoms with Crippen LogP contribution >= 0.6 is 15.9 Å². The Bertz CT molecular complexity index is 602. The van der Waals surface area contributed by atoms with E-state index in [-0.39, 0.29) is 16.7 Å². The van der Waals surface area contributed by atoms with E-state index in [0.29, 0.717) is 0 Å². The van der Waals surface area contributed by atoms with Crippen LogP contribution in [-0.2, 0) is 4.79 Å². The molecule has 0 unspecified atom stereocenters. The number of carboxylic acid groups (broad SMARTS) is 1. The molecular weight excluding hydrogens is 340 g/mol. The molecule has 0 aliphatic carbocycles. The van der Waals surface area contributed by atoms with Crippen LogP contribution in [0.3, 0.4) is 0 Å². The lowest BCUT2D eigenvalue weighted by molar-refractivity contribution is -0.393. The van der Waals surface area contributed by atoms with Crippen LogP contribution in [0.1, 0.15) is 0 Å². The third kappa shape index (κ3) is 3.71. The third-order valence-electron chi connectivity index (χ3n) is 2.07. The lowest BCUT2D eigenvalue weighted by Crippen LogP contribution is -2.16. The van der Waals surface area contributed by atoms with Crippen LogP contribution in [0.5, 0.6) is 0 Å². The lowest BCUT2D eigenvalue weighted by atomic mass is 10.2. The Hall–Kier alpha value is -2.56. The minimum absolute atomic E-state index is 0.0733. The van der Waals surface area contributed by atoms with Gasteiger partial charge in [0.25, 0.3) is 5.69 Å². The molecule has 0 aliphatic rings. The number of carboxylic acids is 1. The van der Waals surface area contributed by atoms with Gasteiger partial charge in [0.2, 0.25) is 0 Å². The normalized spacial score (nSPS) is 10.9. The van der Waals surface area contributed by atoms with E-state index in [9.17, 15) is 25.0 Å². The van der Waals surface area contributed by atoms with Crippen molar-refractivity contribution < 1.29 is 19.7 Å². The summed E-state index contributed by atoms with van der Waals surface area (Å²) in [5.41, 5.74) is 0.711. The lowest BCUT2D eigenvalue weighted by Gasteiger charge is -2.03. The number of hydrazone groups is 1. The number of benzene rings is 1. The maximum atomic E-state index is 10.8. The van der Waals surface area contributed by atoms with Gasteiger partial charge in [-0.25, -0.2) is 4.79 Å². The fourth-order valence-corrected chi connectivity index (χ4v) is 1.51. The topological polar surface area (TPSA) is 148 Å². The first-order valence-electron chi connectivity index (χ1n) is 4.91. The molecule has 20 heavy (non-hydrogen) atoms. The van der Waals surface area contributed by atoms with E-state index < -0.39 is 27.2 Å². The molecule has 0 radical (unpaired) electrons. The van der Waals surface area contributed by atoms with Gasteiger partial charge in [-0.05, 0) is 6.07 Å². The molecule has 0 aromatic heterocycles. The van der Waals surface area contributed by atoms with Gasteiger partial charge >= 0.3 is 11.7 Å². The van der Waals surface area contributed by atoms with Gasteiger partial charge in [-0.2, -0.15) is 5.10 Å². The molecule has 0 atom stereocenters. The smallest absolute Gasteiger partial charge is 0.352 e. The number of alkyl halides is 1. The number of rotatable bonds is 6. The zero-order valence-electron chi connectivity index (χ0n) is 9.65. The van der Waals surface area contributed by atoms with Crippen molar-refractivity contribution in [2.45, 2.75) is 0 Å². The van der Waals surface area contributed by atoms with Crippen LogP contribution in [0, 0.1) is 20.2 Å². The molecule has 0 aliphatic heterocycles. The average molecular weight is 347 g/mol. The number of anilines is 1. The van der Waals surface area contributed by atoms with E-state index in [1.807, 2.05) is 0 Å². The molecule has 0 spiro atoms. The largest absolute Gasteiger partial charge is 0.477 e. The highest BCUT2D eigenvalue weighted by Crippen LogP contribution is 2.28. The van der Waals surface area contributed by atoms with E-state index in [1.54, 1.807) is 0 Å². The summed E-state index contributed by atoms with van der Waals surface area (Å²) in [6.07, 6.45) is 0. The first-order valence-corrected chi connectivity index (χ1v) is 6.03. The third-order valence-corrected chi connectivity index (χ3v) is 2.60. The van der Waals surface area contributed by atoms with Crippen molar-refractivity contribution in [1.29, 1.82) is 0 Å². The highest BCUT2D eigenvalue weighted by atomic mass is 79.9. The minimum atomic E-state index is -1.31. The Morgan fingerprint density at radius 3 is 2.45 bits per heavy atom. The summed E-state index contributed by atoms with van der Waals surface area (Å²) in [5.74, 6) is -1.31. The van der Waals surface area contributed by atoms with Crippen LogP contribution in [-0.4, -0.2) is 32.0 Å². The van der Waals surface area contributed by atoms with Crippen LogP contribution in [0.15, 0.2) is 23.3 Å². The van der Waals surface area contributed by atoms with E-state index in [0.717, 1.165) is 18.2 Å². The summed E-state index contributed by atoms with van der Waals surface area (Å²) in [4.78, 5) is 30.4. The van der Waals surface area contributed by atoms with E-state index >= 15 is 0 Å².